The lowest BCUT2D eigenvalue weighted by atomic mass is 10.0. The first-order chi connectivity index (χ1) is 9.58. The number of nitrogens with zero attached hydrogens (tertiary/aromatic N) is 1. The molecule has 0 saturated heterocycles. The smallest absolute Gasteiger partial charge is 0.252 e. The third kappa shape index (κ3) is 3.71. The summed E-state index contributed by atoms with van der Waals surface area (Å²) in [6.07, 6.45) is 1.37. The fourth-order valence-electron chi connectivity index (χ4n) is 1.83. The maximum atomic E-state index is 12.1. The van der Waals surface area contributed by atoms with E-state index in [0.29, 0.717) is 17.1 Å². The summed E-state index contributed by atoms with van der Waals surface area (Å²) in [6, 6.07) is 11.5. The zero-order chi connectivity index (χ0) is 14.5. The Morgan fingerprint density at radius 3 is 2.70 bits per heavy atom. The lowest BCUT2D eigenvalue weighted by molar-refractivity contribution is 0.0951. The van der Waals surface area contributed by atoms with E-state index in [1.807, 2.05) is 30.3 Å². The van der Waals surface area contributed by atoms with Gasteiger partial charge in [-0.05, 0) is 17.5 Å². The van der Waals surface area contributed by atoms with E-state index in [1.54, 1.807) is 0 Å². The van der Waals surface area contributed by atoms with Crippen molar-refractivity contribution in [2.24, 2.45) is 0 Å². The number of nitrogens with one attached hydrogen (secondary N) is 1. The normalized spacial score (nSPS) is 11.9. The van der Waals surface area contributed by atoms with E-state index in [0.717, 1.165) is 0 Å². The number of amides is 1. The van der Waals surface area contributed by atoms with Gasteiger partial charge in [0.15, 0.2) is 0 Å². The fourth-order valence-corrected chi connectivity index (χ4v) is 2.17. The van der Waals surface area contributed by atoms with Gasteiger partial charge in [0, 0.05) is 12.7 Å². The fraction of sp³-hybridized carbons (Fsp3) is 0.200. The van der Waals surface area contributed by atoms with Crippen molar-refractivity contribution in [3.05, 3.63) is 63.9 Å². The van der Waals surface area contributed by atoms with E-state index < -0.39 is 0 Å². The molecular weight excluding hydrogens is 295 g/mol. The van der Waals surface area contributed by atoms with Gasteiger partial charge in [-0.1, -0.05) is 60.5 Å². The first-order valence-electron chi connectivity index (χ1n) is 6.22. The Labute approximate surface area is 127 Å². The molecule has 2 rings (SSSR count). The Morgan fingerprint density at radius 2 is 2.00 bits per heavy atom. The highest BCUT2D eigenvalue weighted by Crippen LogP contribution is 2.18. The Hall–Kier alpha value is -1.58. The molecule has 5 heteroatoms. The van der Waals surface area contributed by atoms with Crippen molar-refractivity contribution in [1.82, 2.24) is 10.3 Å². The van der Waals surface area contributed by atoms with Crippen LogP contribution in [0.2, 0.25) is 10.2 Å². The van der Waals surface area contributed by atoms with Crippen molar-refractivity contribution in [2.75, 3.05) is 6.54 Å². The molecule has 1 aromatic carbocycles. The minimum absolute atomic E-state index is 0.219. The first kappa shape index (κ1) is 14.8. The van der Waals surface area contributed by atoms with Crippen molar-refractivity contribution < 1.29 is 4.79 Å². The molecule has 20 heavy (non-hydrogen) atoms. The zero-order valence-corrected chi connectivity index (χ0v) is 12.4. The number of rotatable bonds is 4. The van der Waals surface area contributed by atoms with Gasteiger partial charge in [0.25, 0.3) is 5.91 Å². The maximum Gasteiger partial charge on any atom is 0.252 e. The van der Waals surface area contributed by atoms with E-state index in [2.05, 4.69) is 17.2 Å². The Kier molecular flexibility index (Phi) is 4.99. The second-order valence-electron chi connectivity index (χ2n) is 4.51. The molecule has 1 unspecified atom stereocenters. The lowest BCUT2D eigenvalue weighted by Gasteiger charge is -2.13. The number of hydrogen-bond donors (Lipinski definition) is 1. The molecule has 0 aliphatic rings. The van der Waals surface area contributed by atoms with Crippen molar-refractivity contribution in [3.63, 3.8) is 0 Å². The summed E-state index contributed by atoms with van der Waals surface area (Å²) in [5.74, 6) is -0.0293. The van der Waals surface area contributed by atoms with Crippen LogP contribution in [0.4, 0.5) is 0 Å². The number of hydrogen-bond acceptors (Lipinski definition) is 2. The van der Waals surface area contributed by atoms with Crippen LogP contribution in [0.3, 0.4) is 0 Å². The van der Waals surface area contributed by atoms with E-state index in [-0.39, 0.29) is 17.0 Å². The van der Waals surface area contributed by atoms with Crippen LogP contribution in [-0.2, 0) is 0 Å². The number of carbonyl (C=O) groups is 1. The summed E-state index contributed by atoms with van der Waals surface area (Å²) >= 11 is 11.7. The van der Waals surface area contributed by atoms with E-state index in [1.165, 1.54) is 17.8 Å². The van der Waals surface area contributed by atoms with E-state index in [4.69, 9.17) is 23.2 Å². The topological polar surface area (TPSA) is 42.0 Å². The molecule has 0 radical (unpaired) electrons. The van der Waals surface area contributed by atoms with Crippen molar-refractivity contribution in [1.29, 1.82) is 0 Å². The Balaban J connectivity index is 2.00. The largest absolute Gasteiger partial charge is 0.351 e. The summed E-state index contributed by atoms with van der Waals surface area (Å²) in [4.78, 5) is 15.9. The molecule has 1 N–H and O–H groups in total. The van der Waals surface area contributed by atoms with Gasteiger partial charge in [-0.15, -0.1) is 0 Å². The third-order valence-corrected chi connectivity index (χ3v) is 3.51. The van der Waals surface area contributed by atoms with Crippen molar-refractivity contribution in [3.8, 4) is 0 Å². The summed E-state index contributed by atoms with van der Waals surface area (Å²) in [7, 11) is 0. The van der Waals surface area contributed by atoms with Crippen LogP contribution in [-0.4, -0.2) is 17.4 Å². The molecule has 2 aromatic rings. The number of benzene rings is 1. The number of aromatic nitrogens is 1. The van der Waals surface area contributed by atoms with Gasteiger partial charge < -0.3 is 5.32 Å². The molecule has 0 saturated carbocycles. The SMILES string of the molecule is CC(CNC(=O)c1cc(Cl)ncc1Cl)c1ccccc1. The van der Waals surface area contributed by atoms with E-state index in [9.17, 15) is 4.79 Å². The quantitative estimate of drug-likeness (QED) is 0.870. The van der Waals surface area contributed by atoms with E-state index >= 15 is 0 Å². The number of pyridine rings is 1. The molecule has 0 aliphatic carbocycles. The molecule has 1 amide bonds. The first-order valence-corrected chi connectivity index (χ1v) is 6.97. The minimum Gasteiger partial charge on any atom is -0.351 e. The highest BCUT2D eigenvalue weighted by Gasteiger charge is 2.13. The summed E-state index contributed by atoms with van der Waals surface area (Å²) in [5.41, 5.74) is 1.51. The van der Waals surface area contributed by atoms with Crippen LogP contribution in [0.5, 0.6) is 0 Å². The molecule has 1 atom stereocenters. The zero-order valence-electron chi connectivity index (χ0n) is 10.9. The highest BCUT2D eigenvalue weighted by molar-refractivity contribution is 6.35. The predicted octanol–water partition coefficient (Wildman–Crippen LogP) is 3.92. The van der Waals surface area contributed by atoms with Gasteiger partial charge in [-0.3, -0.25) is 4.79 Å². The van der Waals surface area contributed by atoms with Crippen LogP contribution in [0.25, 0.3) is 0 Å². The molecule has 0 aliphatic heterocycles. The highest BCUT2D eigenvalue weighted by atomic mass is 35.5. The molecule has 0 bridgehead atoms. The van der Waals surface area contributed by atoms with Crippen LogP contribution < -0.4 is 5.32 Å². The minimum atomic E-state index is -0.248. The van der Waals surface area contributed by atoms with Gasteiger partial charge in [0.2, 0.25) is 0 Å². The lowest BCUT2D eigenvalue weighted by Crippen LogP contribution is -2.27. The van der Waals surface area contributed by atoms with Gasteiger partial charge >= 0.3 is 0 Å². The monoisotopic (exact) mass is 308 g/mol. The van der Waals surface area contributed by atoms with Crippen LogP contribution >= 0.6 is 23.2 Å². The standard InChI is InChI=1S/C15H14Cl2N2O/c1-10(11-5-3-2-4-6-11)8-19-15(20)12-7-14(17)18-9-13(12)16/h2-7,9-10H,8H2,1H3,(H,19,20). The average molecular weight is 309 g/mol. The van der Waals surface area contributed by atoms with Gasteiger partial charge in [-0.2, -0.15) is 0 Å². The molecule has 1 aromatic heterocycles. The second-order valence-corrected chi connectivity index (χ2v) is 5.30. The number of carbonyl (C=O) groups excluding carboxylic acids is 1. The van der Waals surface area contributed by atoms with Gasteiger partial charge in [-0.25, -0.2) is 4.98 Å². The molecule has 0 fully saturated rings. The molecule has 0 spiro atoms. The Morgan fingerprint density at radius 1 is 1.30 bits per heavy atom. The summed E-state index contributed by atoms with van der Waals surface area (Å²) < 4.78 is 0. The van der Waals surface area contributed by atoms with Crippen LogP contribution in [0.15, 0.2) is 42.6 Å². The van der Waals surface area contributed by atoms with Gasteiger partial charge in [0.05, 0.1) is 10.6 Å². The predicted molar refractivity (Wildman–Crippen MR) is 81.4 cm³/mol. The van der Waals surface area contributed by atoms with Crippen molar-refractivity contribution >= 4 is 29.1 Å². The molecule has 104 valence electrons. The average Bonchev–Trinajstić information content (AvgIpc) is 2.47. The molecule has 1 heterocycles. The second kappa shape index (κ2) is 6.73. The maximum absolute atomic E-state index is 12.1. The number of halogens is 2. The van der Waals surface area contributed by atoms with Crippen molar-refractivity contribution in [2.45, 2.75) is 12.8 Å². The van der Waals surface area contributed by atoms with Crippen LogP contribution in [0, 0.1) is 0 Å². The van der Waals surface area contributed by atoms with Crippen LogP contribution in [0.1, 0.15) is 28.8 Å². The molecule has 3 nitrogen and oxygen atoms in total. The third-order valence-electron chi connectivity index (χ3n) is 3.00. The molecular formula is C15H14Cl2N2O. The van der Waals surface area contributed by atoms with Gasteiger partial charge in [0.1, 0.15) is 5.15 Å². The Bertz CT molecular complexity index is 602. The summed E-state index contributed by atoms with van der Waals surface area (Å²) in [6.45, 7) is 2.58. The summed E-state index contributed by atoms with van der Waals surface area (Å²) in [5, 5.41) is 3.39.